The van der Waals surface area contributed by atoms with Crippen molar-refractivity contribution >= 4 is 35.4 Å². The molecule has 0 aromatic heterocycles. The molecule has 0 aliphatic carbocycles. The fourth-order valence-electron chi connectivity index (χ4n) is 3.90. The van der Waals surface area contributed by atoms with Crippen molar-refractivity contribution in [2.45, 2.75) is 19.4 Å². The molecule has 0 N–H and O–H groups in total. The lowest BCUT2D eigenvalue weighted by atomic mass is 10.0. The Morgan fingerprint density at radius 3 is 1.54 bits per heavy atom. The Bertz CT molecular complexity index is 1130. The molecule has 4 aromatic carbocycles. The fraction of sp³-hybridized carbons (Fsp3) is 0.125. The molecule has 1 unspecified atom stereocenters. The number of methoxy groups -OCH3 is 1. The maximum Gasteiger partial charge on any atom is 0.142 e. The topological polar surface area (TPSA) is 26.3 Å². The first-order valence-electron chi connectivity index (χ1n) is 11.7. The van der Waals surface area contributed by atoms with Gasteiger partial charge in [-0.2, -0.15) is 0 Å². The van der Waals surface area contributed by atoms with E-state index in [1.165, 1.54) is 27.6 Å². The molecular weight excluding hydrogens is 447 g/mol. The van der Waals surface area contributed by atoms with Crippen molar-refractivity contribution < 1.29 is 9.53 Å². The molecular formula is C32H33O2P. The van der Waals surface area contributed by atoms with Gasteiger partial charge >= 0.3 is 0 Å². The maximum atomic E-state index is 10.1. The van der Waals surface area contributed by atoms with Crippen molar-refractivity contribution in [1.82, 2.24) is 0 Å². The molecule has 0 aliphatic rings. The fourth-order valence-corrected chi connectivity index (χ4v) is 6.84. The molecule has 0 heterocycles. The van der Waals surface area contributed by atoms with Gasteiger partial charge in [-0.1, -0.05) is 133 Å². The van der Waals surface area contributed by atoms with Gasteiger partial charge in [0.1, 0.15) is 6.29 Å². The summed E-state index contributed by atoms with van der Waals surface area (Å²) in [5, 5.41) is 3.95. The minimum absolute atomic E-state index is 0.0294. The SMILES string of the molecule is C=P(c1ccccc1)(c1ccccc1)c1ccccc1.COC(C/C=C/C=O)c1ccc(C)cc1. The molecule has 0 fully saturated rings. The van der Waals surface area contributed by atoms with Crippen molar-refractivity contribution in [1.29, 1.82) is 0 Å². The third-order valence-corrected chi connectivity index (χ3v) is 9.43. The molecule has 178 valence electrons. The average Bonchev–Trinajstić information content (AvgIpc) is 2.93. The summed E-state index contributed by atoms with van der Waals surface area (Å²) < 4.78 is 5.36. The number of hydrogen-bond acceptors (Lipinski definition) is 2. The van der Waals surface area contributed by atoms with Gasteiger partial charge in [0.25, 0.3) is 0 Å². The molecule has 2 nitrogen and oxygen atoms in total. The van der Waals surface area contributed by atoms with Gasteiger partial charge in [-0.3, -0.25) is 4.79 Å². The first kappa shape index (κ1) is 26.2. The van der Waals surface area contributed by atoms with Crippen molar-refractivity contribution in [3.63, 3.8) is 0 Å². The monoisotopic (exact) mass is 480 g/mol. The lowest BCUT2D eigenvalue weighted by molar-refractivity contribution is -0.104. The highest BCUT2D eigenvalue weighted by molar-refractivity contribution is 7.93. The lowest BCUT2D eigenvalue weighted by Gasteiger charge is -2.26. The van der Waals surface area contributed by atoms with Crippen LogP contribution in [0.1, 0.15) is 23.7 Å². The minimum Gasteiger partial charge on any atom is -0.376 e. The normalized spacial score (nSPS) is 11.9. The number of ether oxygens (including phenoxy) is 1. The van der Waals surface area contributed by atoms with E-state index in [0.29, 0.717) is 0 Å². The third-order valence-electron chi connectivity index (χ3n) is 5.89. The van der Waals surface area contributed by atoms with E-state index in [9.17, 15) is 4.79 Å². The summed E-state index contributed by atoms with van der Waals surface area (Å²) in [5.74, 6) is 0. The van der Waals surface area contributed by atoms with Crippen LogP contribution >= 0.6 is 6.89 Å². The zero-order chi connectivity index (χ0) is 24.9. The average molecular weight is 481 g/mol. The van der Waals surface area contributed by atoms with Gasteiger partial charge in [-0.25, -0.2) is 0 Å². The summed E-state index contributed by atoms with van der Waals surface area (Å²) in [4.78, 5) is 10.1. The number of benzene rings is 4. The molecule has 4 aromatic rings. The van der Waals surface area contributed by atoms with Gasteiger partial charge in [-0.15, -0.1) is 0 Å². The van der Waals surface area contributed by atoms with E-state index in [1.807, 2.05) is 6.08 Å². The Labute approximate surface area is 209 Å². The van der Waals surface area contributed by atoms with Crippen LogP contribution in [0.4, 0.5) is 0 Å². The van der Waals surface area contributed by atoms with E-state index in [1.54, 1.807) is 7.11 Å². The molecule has 3 heteroatoms. The summed E-state index contributed by atoms with van der Waals surface area (Å²) in [7, 11) is 1.68. The molecule has 0 radical (unpaired) electrons. The summed E-state index contributed by atoms with van der Waals surface area (Å²) in [6.07, 6.45) is 9.54. The van der Waals surface area contributed by atoms with Crippen molar-refractivity contribution in [2.75, 3.05) is 7.11 Å². The number of carbonyl (C=O) groups excluding carboxylic acids is 1. The van der Waals surface area contributed by atoms with E-state index in [0.717, 1.165) is 18.3 Å². The highest BCUT2D eigenvalue weighted by Gasteiger charge is 2.21. The molecule has 0 aliphatic heterocycles. The van der Waals surface area contributed by atoms with E-state index >= 15 is 0 Å². The Morgan fingerprint density at radius 2 is 1.17 bits per heavy atom. The van der Waals surface area contributed by atoms with E-state index < -0.39 is 6.89 Å². The molecule has 35 heavy (non-hydrogen) atoms. The van der Waals surface area contributed by atoms with Crippen LogP contribution in [0.25, 0.3) is 0 Å². The van der Waals surface area contributed by atoms with Gasteiger partial charge in [0.15, 0.2) is 0 Å². The molecule has 0 bridgehead atoms. The first-order valence-corrected chi connectivity index (χ1v) is 13.7. The predicted octanol–water partition coefficient (Wildman–Crippen LogP) is 6.24. The van der Waals surface area contributed by atoms with E-state index in [4.69, 9.17) is 11.0 Å². The largest absolute Gasteiger partial charge is 0.376 e. The van der Waals surface area contributed by atoms with Crippen molar-refractivity contribution in [2.24, 2.45) is 0 Å². The zero-order valence-corrected chi connectivity index (χ0v) is 21.4. The lowest BCUT2D eigenvalue weighted by Crippen LogP contribution is -2.25. The number of allylic oxidation sites excluding steroid dienone is 1. The van der Waals surface area contributed by atoms with Gasteiger partial charge < -0.3 is 4.74 Å². The summed E-state index contributed by atoms with van der Waals surface area (Å²) in [6.45, 7) is 0.277. The van der Waals surface area contributed by atoms with Gasteiger partial charge in [0.2, 0.25) is 0 Å². The van der Waals surface area contributed by atoms with Crippen LogP contribution in [0, 0.1) is 6.92 Å². The van der Waals surface area contributed by atoms with Crippen LogP contribution in [0.3, 0.4) is 0 Å². The van der Waals surface area contributed by atoms with Gasteiger partial charge in [0.05, 0.1) is 6.10 Å². The smallest absolute Gasteiger partial charge is 0.142 e. The van der Waals surface area contributed by atoms with Crippen LogP contribution in [-0.2, 0) is 9.53 Å². The standard InChI is InChI=1S/C19H17P.C13H16O2/c1-20(17-11-5-2-6-12-17,18-13-7-3-8-14-18)19-15-9-4-10-16-19;1-11-6-8-12(9-7-11)13(15-2)5-3-4-10-14/h2-16H,1H2;3-4,6-10,13H,5H2,1-2H3/b;4-3+. The maximum absolute atomic E-state index is 10.1. The van der Waals surface area contributed by atoms with Crippen molar-refractivity contribution in [3.05, 3.63) is 139 Å². The molecule has 4 rings (SSSR count). The van der Waals surface area contributed by atoms with Gasteiger partial charge in [0, 0.05) is 7.11 Å². The van der Waals surface area contributed by atoms with Crippen LogP contribution in [-0.4, -0.2) is 19.7 Å². The number of aldehydes is 1. The first-order chi connectivity index (χ1) is 17.1. The Morgan fingerprint density at radius 1 is 0.743 bits per heavy atom. The second kappa shape index (κ2) is 13.4. The number of rotatable bonds is 8. The summed E-state index contributed by atoms with van der Waals surface area (Å²) in [6, 6.07) is 40.2. The van der Waals surface area contributed by atoms with E-state index in [-0.39, 0.29) is 6.10 Å². The second-order valence-corrected chi connectivity index (χ2v) is 11.4. The van der Waals surface area contributed by atoms with Crippen LogP contribution in [0.2, 0.25) is 0 Å². The highest BCUT2D eigenvalue weighted by Crippen LogP contribution is 2.41. The zero-order valence-electron chi connectivity index (χ0n) is 20.5. The van der Waals surface area contributed by atoms with E-state index in [2.05, 4.69) is 122 Å². The third kappa shape index (κ3) is 7.02. The van der Waals surface area contributed by atoms with Gasteiger partial charge in [-0.05, 0) is 47.8 Å². The molecule has 0 amide bonds. The molecule has 0 spiro atoms. The number of hydrogen-bond donors (Lipinski definition) is 0. The quantitative estimate of drug-likeness (QED) is 0.170. The Balaban J connectivity index is 0.000000205. The molecule has 0 saturated heterocycles. The highest BCUT2D eigenvalue weighted by atomic mass is 31.2. The predicted molar refractivity (Wildman–Crippen MR) is 153 cm³/mol. The van der Waals surface area contributed by atoms with Crippen LogP contribution in [0.15, 0.2) is 127 Å². The van der Waals surface area contributed by atoms with Crippen LogP contribution < -0.4 is 15.9 Å². The number of carbonyl (C=O) groups is 1. The second-order valence-electron chi connectivity index (χ2n) is 8.25. The minimum atomic E-state index is -1.78. The summed E-state index contributed by atoms with van der Waals surface area (Å²) >= 11 is 0. The van der Waals surface area contributed by atoms with Crippen LogP contribution in [0.5, 0.6) is 0 Å². The molecule has 1 atom stereocenters. The summed E-state index contributed by atoms with van der Waals surface area (Å²) in [5.41, 5.74) is 2.37. The number of aryl methyl sites for hydroxylation is 1. The Kier molecular flexibility index (Phi) is 10.0. The Hall–Kier alpha value is -3.45. The van der Waals surface area contributed by atoms with Crippen molar-refractivity contribution in [3.8, 4) is 0 Å². The molecule has 0 saturated carbocycles.